The van der Waals surface area contributed by atoms with E-state index in [0.29, 0.717) is 13.1 Å². The summed E-state index contributed by atoms with van der Waals surface area (Å²) in [7, 11) is -0.00573. The first-order chi connectivity index (χ1) is 13.1. The largest absolute Gasteiger partial charge is 0.388 e. The second-order valence-electron chi connectivity index (χ2n) is 7.22. The zero-order chi connectivity index (χ0) is 20.9. The summed E-state index contributed by atoms with van der Waals surface area (Å²) in [4.78, 5) is 14.0. The first kappa shape index (κ1) is 22.7. The van der Waals surface area contributed by atoms with Crippen LogP contribution in [-0.2, 0) is 19.6 Å². The van der Waals surface area contributed by atoms with E-state index in [0.717, 1.165) is 5.56 Å². The van der Waals surface area contributed by atoms with Gasteiger partial charge in [-0.25, -0.2) is 13.1 Å². The standard InChI is InChI=1S/C18H29N3O6S/c1-12-4-6-13(7-5-12)28(25,26)20-11-15-18(24)17(23)14(27-15)10-16(22)19-8-9-21(2)3/h4-7,14-15,17-18,20,23-24H,8-11H2,1-3H3,(H,19,22). The summed E-state index contributed by atoms with van der Waals surface area (Å²) in [6.45, 7) is 2.76. The molecule has 0 spiro atoms. The minimum Gasteiger partial charge on any atom is -0.388 e. The molecular weight excluding hydrogens is 386 g/mol. The molecule has 4 N–H and O–H groups in total. The molecule has 158 valence electrons. The van der Waals surface area contributed by atoms with Gasteiger partial charge in [-0.05, 0) is 33.2 Å². The number of hydrogen-bond donors (Lipinski definition) is 4. The third-order valence-electron chi connectivity index (χ3n) is 4.53. The van der Waals surface area contributed by atoms with E-state index in [1.54, 1.807) is 12.1 Å². The monoisotopic (exact) mass is 415 g/mol. The normalized spacial score (nSPS) is 25.2. The van der Waals surface area contributed by atoms with Crippen molar-refractivity contribution in [3.05, 3.63) is 29.8 Å². The van der Waals surface area contributed by atoms with Crippen molar-refractivity contribution in [1.82, 2.24) is 14.9 Å². The van der Waals surface area contributed by atoms with Gasteiger partial charge in [0.05, 0.1) is 17.4 Å². The number of carbonyl (C=O) groups excluding carboxylic acids is 1. The number of nitrogens with one attached hydrogen (secondary N) is 2. The second-order valence-corrected chi connectivity index (χ2v) is 8.98. The van der Waals surface area contributed by atoms with Crippen molar-refractivity contribution in [3.63, 3.8) is 0 Å². The van der Waals surface area contributed by atoms with E-state index in [4.69, 9.17) is 4.74 Å². The Morgan fingerprint density at radius 1 is 1.14 bits per heavy atom. The Bertz CT molecular complexity index is 753. The molecular formula is C18H29N3O6S. The zero-order valence-corrected chi connectivity index (χ0v) is 17.1. The maximum atomic E-state index is 12.3. The molecule has 1 aromatic carbocycles. The molecule has 0 saturated carbocycles. The third kappa shape index (κ3) is 6.23. The first-order valence-corrected chi connectivity index (χ1v) is 10.6. The molecule has 9 nitrogen and oxygen atoms in total. The minimum absolute atomic E-state index is 0.1000. The maximum Gasteiger partial charge on any atom is 0.240 e. The molecule has 1 heterocycles. The molecule has 1 amide bonds. The molecule has 4 unspecified atom stereocenters. The molecule has 0 radical (unpaired) electrons. The fraction of sp³-hybridized carbons (Fsp3) is 0.611. The predicted octanol–water partition coefficient (Wildman–Crippen LogP) is -1.17. The molecule has 1 aliphatic heterocycles. The van der Waals surface area contributed by atoms with E-state index >= 15 is 0 Å². The number of hydrogen-bond acceptors (Lipinski definition) is 7. The average molecular weight is 416 g/mol. The number of aryl methyl sites for hydroxylation is 1. The van der Waals surface area contributed by atoms with Gasteiger partial charge in [0, 0.05) is 19.6 Å². The predicted molar refractivity (Wildman–Crippen MR) is 103 cm³/mol. The van der Waals surface area contributed by atoms with Gasteiger partial charge >= 0.3 is 0 Å². The third-order valence-corrected chi connectivity index (χ3v) is 5.97. The molecule has 28 heavy (non-hydrogen) atoms. The lowest BCUT2D eigenvalue weighted by Crippen LogP contribution is -2.40. The van der Waals surface area contributed by atoms with Crippen molar-refractivity contribution in [1.29, 1.82) is 0 Å². The van der Waals surface area contributed by atoms with Crippen molar-refractivity contribution in [2.45, 2.75) is 42.7 Å². The van der Waals surface area contributed by atoms with Gasteiger partial charge in [0.25, 0.3) is 0 Å². The van der Waals surface area contributed by atoms with Crippen LogP contribution in [0.25, 0.3) is 0 Å². The summed E-state index contributed by atoms with van der Waals surface area (Å²) in [6.07, 6.45) is -4.53. The maximum absolute atomic E-state index is 12.3. The van der Waals surface area contributed by atoms with Crippen molar-refractivity contribution >= 4 is 15.9 Å². The fourth-order valence-corrected chi connectivity index (χ4v) is 3.87. The number of aliphatic hydroxyl groups excluding tert-OH is 2. The first-order valence-electron chi connectivity index (χ1n) is 9.09. The summed E-state index contributed by atoms with van der Waals surface area (Å²) < 4.78 is 32.6. The van der Waals surface area contributed by atoms with E-state index in [9.17, 15) is 23.4 Å². The van der Waals surface area contributed by atoms with Crippen LogP contribution in [0.4, 0.5) is 0 Å². The highest BCUT2D eigenvalue weighted by atomic mass is 32.2. The molecule has 1 saturated heterocycles. The molecule has 1 aliphatic rings. The molecule has 1 fully saturated rings. The Balaban J connectivity index is 1.88. The van der Waals surface area contributed by atoms with Gasteiger partial charge in [-0.1, -0.05) is 17.7 Å². The number of benzene rings is 1. The van der Waals surface area contributed by atoms with Gasteiger partial charge in [0.2, 0.25) is 15.9 Å². The van der Waals surface area contributed by atoms with Gasteiger partial charge in [-0.3, -0.25) is 4.79 Å². The second kappa shape index (κ2) is 9.77. The summed E-state index contributed by atoms with van der Waals surface area (Å²) in [5.74, 6) is -0.306. The van der Waals surface area contributed by atoms with Crippen LogP contribution >= 0.6 is 0 Å². The number of likely N-dealkylation sites (N-methyl/N-ethyl adjacent to an activating group) is 1. The number of rotatable bonds is 9. The van der Waals surface area contributed by atoms with Gasteiger partial charge in [0.1, 0.15) is 18.3 Å². The molecule has 1 aromatic rings. The molecule has 0 bridgehead atoms. The summed E-state index contributed by atoms with van der Waals surface area (Å²) in [5, 5.41) is 23.0. The Hall–Kier alpha value is -1.56. The topological polar surface area (TPSA) is 128 Å². The average Bonchev–Trinajstić information content (AvgIpc) is 2.88. The number of nitrogens with zero attached hydrogens (tertiary/aromatic N) is 1. The highest BCUT2D eigenvalue weighted by molar-refractivity contribution is 7.89. The van der Waals surface area contributed by atoms with Crippen molar-refractivity contribution in [2.24, 2.45) is 0 Å². The lowest BCUT2D eigenvalue weighted by atomic mass is 10.1. The number of sulfonamides is 1. The van der Waals surface area contributed by atoms with Crippen LogP contribution in [0.1, 0.15) is 12.0 Å². The smallest absolute Gasteiger partial charge is 0.240 e. The van der Waals surface area contributed by atoms with E-state index < -0.39 is 34.4 Å². The van der Waals surface area contributed by atoms with Crippen LogP contribution in [0.3, 0.4) is 0 Å². The lowest BCUT2D eigenvalue weighted by molar-refractivity contribution is -0.125. The number of carbonyl (C=O) groups is 1. The molecule has 2 rings (SSSR count). The van der Waals surface area contributed by atoms with Gasteiger partial charge in [-0.2, -0.15) is 0 Å². The van der Waals surface area contributed by atoms with Crippen LogP contribution in [0.5, 0.6) is 0 Å². The van der Waals surface area contributed by atoms with E-state index in [1.807, 2.05) is 25.9 Å². The van der Waals surface area contributed by atoms with E-state index in [-0.39, 0.29) is 23.8 Å². The highest BCUT2D eigenvalue weighted by Gasteiger charge is 2.43. The minimum atomic E-state index is -3.77. The molecule has 10 heteroatoms. The van der Waals surface area contributed by atoms with Gasteiger partial charge in [0.15, 0.2) is 0 Å². The Morgan fingerprint density at radius 2 is 1.75 bits per heavy atom. The highest BCUT2D eigenvalue weighted by Crippen LogP contribution is 2.23. The number of amides is 1. The van der Waals surface area contributed by atoms with Crippen molar-refractivity contribution in [3.8, 4) is 0 Å². The summed E-state index contributed by atoms with van der Waals surface area (Å²) in [6, 6.07) is 6.34. The summed E-state index contributed by atoms with van der Waals surface area (Å²) in [5.41, 5.74) is 0.934. The Morgan fingerprint density at radius 3 is 2.36 bits per heavy atom. The van der Waals surface area contributed by atoms with Crippen LogP contribution < -0.4 is 10.0 Å². The summed E-state index contributed by atoms with van der Waals surface area (Å²) >= 11 is 0. The van der Waals surface area contributed by atoms with Crippen LogP contribution in [-0.4, -0.2) is 87.6 Å². The number of ether oxygens (including phenoxy) is 1. The number of aliphatic hydroxyl groups is 2. The van der Waals surface area contributed by atoms with Gasteiger partial charge in [-0.15, -0.1) is 0 Å². The van der Waals surface area contributed by atoms with Crippen LogP contribution in [0.15, 0.2) is 29.2 Å². The molecule has 4 atom stereocenters. The molecule has 0 aromatic heterocycles. The van der Waals surface area contributed by atoms with Gasteiger partial charge < -0.3 is 25.2 Å². The van der Waals surface area contributed by atoms with Crippen LogP contribution in [0.2, 0.25) is 0 Å². The molecule has 0 aliphatic carbocycles. The van der Waals surface area contributed by atoms with Crippen LogP contribution in [0, 0.1) is 6.92 Å². The Kier molecular flexibility index (Phi) is 7.93. The Labute approximate surface area is 165 Å². The van der Waals surface area contributed by atoms with E-state index in [1.165, 1.54) is 12.1 Å². The lowest BCUT2D eigenvalue weighted by Gasteiger charge is -2.16. The van der Waals surface area contributed by atoms with Crippen molar-refractivity contribution < 1.29 is 28.2 Å². The quantitative estimate of drug-likeness (QED) is 0.400. The SMILES string of the molecule is Cc1ccc(S(=O)(=O)NCC2OC(CC(=O)NCCN(C)C)C(O)C2O)cc1. The fourth-order valence-electron chi connectivity index (χ4n) is 2.83. The van der Waals surface area contributed by atoms with E-state index in [2.05, 4.69) is 10.0 Å². The van der Waals surface area contributed by atoms with Crippen molar-refractivity contribution in [2.75, 3.05) is 33.7 Å². The zero-order valence-electron chi connectivity index (χ0n) is 16.3.